The number of fused-ring (bicyclic) bond motifs is 1. The molecule has 0 bridgehead atoms. The number of rotatable bonds is 6. The molecule has 34 heavy (non-hydrogen) atoms. The van der Waals surface area contributed by atoms with Gasteiger partial charge < -0.3 is 5.73 Å². The Bertz CT molecular complexity index is 1060. The molecule has 1 aromatic rings. The first kappa shape index (κ1) is 23.9. The zero-order valence-corrected chi connectivity index (χ0v) is 20.4. The number of hydrazone groups is 1. The number of amidine groups is 1. The average molecular weight is 499 g/mol. The molecule has 2 aliphatic carbocycles. The second-order valence-corrected chi connectivity index (χ2v) is 13.2. The van der Waals surface area contributed by atoms with Crippen molar-refractivity contribution in [3.63, 3.8) is 0 Å². The van der Waals surface area contributed by atoms with E-state index < -0.39 is 21.6 Å². The van der Waals surface area contributed by atoms with Gasteiger partial charge in [0, 0.05) is 36.2 Å². The predicted octanol–water partition coefficient (Wildman–Crippen LogP) is 3.18. The van der Waals surface area contributed by atoms with E-state index in [0.29, 0.717) is 35.3 Å². The van der Waals surface area contributed by atoms with Crippen molar-refractivity contribution in [3.05, 3.63) is 35.4 Å². The zero-order chi connectivity index (χ0) is 24.5. The third-order valence-corrected chi connectivity index (χ3v) is 10.5. The summed E-state index contributed by atoms with van der Waals surface area (Å²) in [5.41, 5.74) is 5.67. The Hall–Kier alpha value is -1.81. The van der Waals surface area contributed by atoms with Crippen LogP contribution in [0, 0.1) is 23.2 Å². The van der Waals surface area contributed by atoms with Crippen LogP contribution in [0.1, 0.15) is 44.2 Å². The molecule has 2 aliphatic heterocycles. The summed E-state index contributed by atoms with van der Waals surface area (Å²) in [5, 5.41) is 6.43. The van der Waals surface area contributed by atoms with Crippen LogP contribution in [0.3, 0.4) is 0 Å². The van der Waals surface area contributed by atoms with E-state index in [1.165, 1.54) is 6.07 Å². The van der Waals surface area contributed by atoms with Crippen molar-refractivity contribution < 1.29 is 21.6 Å². The van der Waals surface area contributed by atoms with Gasteiger partial charge in [0.2, 0.25) is 0 Å². The number of benzene rings is 1. The Morgan fingerprint density at radius 1 is 1.26 bits per heavy atom. The Morgan fingerprint density at radius 2 is 1.94 bits per heavy atom. The van der Waals surface area contributed by atoms with Crippen molar-refractivity contribution in [2.24, 2.45) is 34.0 Å². The van der Waals surface area contributed by atoms with Crippen LogP contribution in [0.25, 0.3) is 0 Å². The van der Waals surface area contributed by atoms with E-state index in [1.807, 2.05) is 18.9 Å². The standard InChI is InChI=1S/C24H33F3N4O2S/c1-15(2)31(29-22(28)16-4-3-5-17(8-16)24(25,26)27)11-21-19-9-18(10-20(19)21)30-7-6-23(12-30)13-34(32,33)14-23/h3-5,8,15,18-21H,6-7,9-14H2,1-2H3,(H2,28,29)/t18?,19-,20+,21?. The fourth-order valence-corrected chi connectivity index (χ4v) is 8.81. The Morgan fingerprint density at radius 3 is 2.53 bits per heavy atom. The molecule has 2 heterocycles. The van der Waals surface area contributed by atoms with Gasteiger partial charge in [-0.05, 0) is 69.5 Å². The molecule has 2 N–H and O–H groups in total. The van der Waals surface area contributed by atoms with Gasteiger partial charge in [-0.2, -0.15) is 18.3 Å². The molecular weight excluding hydrogens is 465 g/mol. The number of alkyl halides is 3. The van der Waals surface area contributed by atoms with Crippen molar-refractivity contribution in [1.29, 1.82) is 0 Å². The number of likely N-dealkylation sites (tertiary alicyclic amines) is 1. The van der Waals surface area contributed by atoms with E-state index in [9.17, 15) is 21.6 Å². The number of nitrogens with zero attached hydrogens (tertiary/aromatic N) is 3. The normalized spacial score (nSPS) is 32.1. The maximum Gasteiger partial charge on any atom is 0.416 e. The molecular formula is C24H33F3N4O2S. The Balaban J connectivity index is 1.18. The summed E-state index contributed by atoms with van der Waals surface area (Å²) in [4.78, 5) is 2.52. The quantitative estimate of drug-likeness (QED) is 0.370. The second-order valence-electron chi connectivity index (χ2n) is 11.1. The molecule has 1 spiro atoms. The highest BCUT2D eigenvalue weighted by Gasteiger charge is 2.59. The first-order valence-electron chi connectivity index (χ1n) is 12.1. The molecule has 0 aromatic heterocycles. The molecule has 0 amide bonds. The molecule has 2 saturated heterocycles. The van der Waals surface area contributed by atoms with E-state index in [-0.39, 0.29) is 22.9 Å². The van der Waals surface area contributed by atoms with Crippen LogP contribution in [0.4, 0.5) is 13.2 Å². The largest absolute Gasteiger partial charge is 0.416 e. The number of sulfone groups is 1. The van der Waals surface area contributed by atoms with E-state index in [0.717, 1.165) is 51.0 Å². The molecule has 4 fully saturated rings. The lowest BCUT2D eigenvalue weighted by Gasteiger charge is -2.38. The summed E-state index contributed by atoms with van der Waals surface area (Å²) in [7, 11) is -2.80. The average Bonchev–Trinajstić information content (AvgIpc) is 3.08. The summed E-state index contributed by atoms with van der Waals surface area (Å²) in [5.74, 6) is 2.61. The molecule has 188 valence electrons. The summed E-state index contributed by atoms with van der Waals surface area (Å²) in [6, 6.07) is 5.61. The topological polar surface area (TPSA) is 79.0 Å². The van der Waals surface area contributed by atoms with Gasteiger partial charge in [-0.1, -0.05) is 12.1 Å². The van der Waals surface area contributed by atoms with Gasteiger partial charge >= 0.3 is 6.18 Å². The molecule has 0 radical (unpaired) electrons. The van der Waals surface area contributed by atoms with Crippen LogP contribution in [0.15, 0.2) is 29.4 Å². The third kappa shape index (κ3) is 4.55. The van der Waals surface area contributed by atoms with Gasteiger partial charge in [0.1, 0.15) is 0 Å². The molecule has 6 nitrogen and oxygen atoms in total. The Labute approximate surface area is 199 Å². The molecule has 1 aromatic carbocycles. The van der Waals surface area contributed by atoms with Crippen molar-refractivity contribution in [3.8, 4) is 0 Å². The third-order valence-electron chi connectivity index (χ3n) is 8.35. The maximum absolute atomic E-state index is 13.1. The molecule has 4 aliphatic rings. The molecule has 10 heteroatoms. The molecule has 4 atom stereocenters. The van der Waals surface area contributed by atoms with Gasteiger partial charge in [0.25, 0.3) is 0 Å². The van der Waals surface area contributed by atoms with Crippen molar-refractivity contribution in [2.75, 3.05) is 31.1 Å². The fraction of sp³-hybridized carbons (Fsp3) is 0.708. The lowest BCUT2D eigenvalue weighted by atomic mass is 9.91. The lowest BCUT2D eigenvalue weighted by Crippen LogP contribution is -2.50. The van der Waals surface area contributed by atoms with E-state index >= 15 is 0 Å². The van der Waals surface area contributed by atoms with E-state index in [4.69, 9.17) is 5.73 Å². The number of nitrogens with two attached hydrogens (primary N) is 1. The molecule has 2 unspecified atom stereocenters. The van der Waals surface area contributed by atoms with Gasteiger partial charge in [0.15, 0.2) is 15.7 Å². The summed E-state index contributed by atoms with van der Waals surface area (Å²) < 4.78 is 62.5. The Kier molecular flexibility index (Phi) is 5.71. The SMILES string of the molecule is CC(C)N(CC1[C@H]2CC(N3CCC4(C3)CS(=O)(=O)C4)C[C@@H]12)/N=C(\N)c1cccc(C(F)(F)F)c1. The minimum atomic E-state index is -4.42. The first-order chi connectivity index (χ1) is 15.9. The lowest BCUT2D eigenvalue weighted by molar-refractivity contribution is -0.137. The highest BCUT2D eigenvalue weighted by molar-refractivity contribution is 7.92. The fourth-order valence-electron chi connectivity index (χ4n) is 6.56. The van der Waals surface area contributed by atoms with Crippen molar-refractivity contribution in [2.45, 2.75) is 51.4 Å². The van der Waals surface area contributed by atoms with Crippen LogP contribution in [-0.2, 0) is 16.0 Å². The van der Waals surface area contributed by atoms with Gasteiger partial charge in [0.05, 0.1) is 17.1 Å². The monoisotopic (exact) mass is 498 g/mol. The van der Waals surface area contributed by atoms with Crippen molar-refractivity contribution >= 4 is 15.7 Å². The van der Waals surface area contributed by atoms with Crippen LogP contribution in [-0.4, -0.2) is 67.4 Å². The predicted molar refractivity (Wildman–Crippen MR) is 125 cm³/mol. The zero-order valence-electron chi connectivity index (χ0n) is 19.6. The van der Waals surface area contributed by atoms with Crippen LogP contribution in [0.2, 0.25) is 0 Å². The number of hydrogen-bond acceptors (Lipinski definition) is 5. The highest BCUT2D eigenvalue weighted by Crippen LogP contribution is 2.59. The molecule has 5 rings (SSSR count). The van der Waals surface area contributed by atoms with Gasteiger partial charge in [-0.3, -0.25) is 9.91 Å². The smallest absolute Gasteiger partial charge is 0.382 e. The van der Waals surface area contributed by atoms with Gasteiger partial charge in [-0.25, -0.2) is 8.42 Å². The van der Waals surface area contributed by atoms with Crippen molar-refractivity contribution in [1.82, 2.24) is 9.91 Å². The number of halogens is 3. The first-order valence-corrected chi connectivity index (χ1v) is 13.9. The highest BCUT2D eigenvalue weighted by atomic mass is 32.2. The maximum atomic E-state index is 13.1. The van der Waals surface area contributed by atoms with Crippen LogP contribution in [0.5, 0.6) is 0 Å². The summed E-state index contributed by atoms with van der Waals surface area (Å²) >= 11 is 0. The summed E-state index contributed by atoms with van der Waals surface area (Å²) in [6.07, 6.45) is -1.15. The number of hydrogen-bond donors (Lipinski definition) is 1. The van der Waals surface area contributed by atoms with Crippen LogP contribution >= 0.6 is 0 Å². The minimum Gasteiger partial charge on any atom is -0.382 e. The van der Waals surface area contributed by atoms with Crippen LogP contribution < -0.4 is 5.73 Å². The minimum absolute atomic E-state index is 0.00904. The second kappa shape index (κ2) is 8.11. The van der Waals surface area contributed by atoms with E-state index in [2.05, 4.69) is 10.0 Å². The molecule has 2 saturated carbocycles. The van der Waals surface area contributed by atoms with Gasteiger partial charge in [-0.15, -0.1) is 0 Å². The van der Waals surface area contributed by atoms with E-state index in [1.54, 1.807) is 6.07 Å². The summed E-state index contributed by atoms with van der Waals surface area (Å²) in [6.45, 7) is 6.69.